The molecule has 2 unspecified atom stereocenters. The van der Waals surface area contributed by atoms with Crippen LogP contribution in [-0.4, -0.2) is 19.5 Å². The highest BCUT2D eigenvalue weighted by atomic mass is 28.3. The van der Waals surface area contributed by atoms with E-state index in [4.69, 9.17) is 4.12 Å². The third-order valence-electron chi connectivity index (χ3n) is 3.97. The molecule has 0 aromatic heterocycles. The molecule has 2 aromatic carbocycles. The minimum atomic E-state index is 0.439. The second-order valence-electron chi connectivity index (χ2n) is 5.27. The van der Waals surface area contributed by atoms with Crippen molar-refractivity contribution >= 4 is 31.7 Å². The Morgan fingerprint density at radius 1 is 0.667 bits per heavy atom. The van der Waals surface area contributed by atoms with Crippen molar-refractivity contribution in [2.45, 2.75) is 11.1 Å². The summed E-state index contributed by atoms with van der Waals surface area (Å²) in [4.78, 5) is 0. The van der Waals surface area contributed by atoms with Crippen molar-refractivity contribution in [1.82, 2.24) is 0 Å². The summed E-state index contributed by atoms with van der Waals surface area (Å²) in [5, 5.41) is 0. The van der Waals surface area contributed by atoms with Gasteiger partial charge in [0.1, 0.15) is 0 Å². The molecule has 4 rings (SSSR count). The van der Waals surface area contributed by atoms with Crippen molar-refractivity contribution in [2.75, 3.05) is 0 Å². The largest absolute Gasteiger partial charge is 0.456 e. The lowest BCUT2D eigenvalue weighted by molar-refractivity contribution is 0.620. The van der Waals surface area contributed by atoms with Crippen LogP contribution in [0.3, 0.4) is 0 Å². The molecule has 0 fully saturated rings. The van der Waals surface area contributed by atoms with Gasteiger partial charge in [-0.1, -0.05) is 72.8 Å². The molecule has 1 nitrogen and oxygen atoms in total. The zero-order chi connectivity index (χ0) is 14.1. The van der Waals surface area contributed by atoms with Crippen LogP contribution < -0.4 is 0 Å². The van der Waals surface area contributed by atoms with Gasteiger partial charge < -0.3 is 4.12 Å². The van der Waals surface area contributed by atoms with E-state index in [9.17, 15) is 0 Å². The van der Waals surface area contributed by atoms with E-state index in [-0.39, 0.29) is 0 Å². The number of benzene rings is 2. The summed E-state index contributed by atoms with van der Waals surface area (Å²) in [6.07, 6.45) is 8.96. The summed E-state index contributed by atoms with van der Waals surface area (Å²) in [6, 6.07) is 17.2. The summed E-state index contributed by atoms with van der Waals surface area (Å²) in [5.41, 5.74) is 6.37. The molecule has 21 heavy (non-hydrogen) atoms. The first kappa shape index (κ1) is 13.0. The summed E-state index contributed by atoms with van der Waals surface area (Å²) in [7, 11) is 1.02. The van der Waals surface area contributed by atoms with Gasteiger partial charge in [-0.05, 0) is 22.3 Å². The van der Waals surface area contributed by atoms with E-state index in [1.54, 1.807) is 0 Å². The van der Waals surface area contributed by atoms with Gasteiger partial charge in [0, 0.05) is 11.1 Å². The van der Waals surface area contributed by atoms with Crippen molar-refractivity contribution in [3.05, 3.63) is 82.9 Å². The van der Waals surface area contributed by atoms with Crippen molar-refractivity contribution in [2.24, 2.45) is 0 Å². The van der Waals surface area contributed by atoms with Crippen LogP contribution in [0, 0.1) is 0 Å². The molecule has 3 heteroatoms. The fourth-order valence-corrected chi connectivity index (χ4v) is 5.28. The third kappa shape index (κ3) is 2.48. The van der Waals surface area contributed by atoms with Gasteiger partial charge in [-0.3, -0.25) is 0 Å². The van der Waals surface area contributed by atoms with E-state index in [1.165, 1.54) is 22.3 Å². The molecule has 100 valence electrons. The number of hydrogen-bond donors (Lipinski definition) is 0. The van der Waals surface area contributed by atoms with Gasteiger partial charge in [-0.2, -0.15) is 0 Å². The lowest BCUT2D eigenvalue weighted by Gasteiger charge is -2.12. The van der Waals surface area contributed by atoms with E-state index in [0.717, 1.165) is 0 Å². The predicted octanol–water partition coefficient (Wildman–Crippen LogP) is 3.78. The van der Waals surface area contributed by atoms with Gasteiger partial charge in [0.2, 0.25) is 19.5 Å². The first-order chi connectivity index (χ1) is 10.4. The van der Waals surface area contributed by atoms with Crippen LogP contribution in [-0.2, 0) is 4.12 Å². The van der Waals surface area contributed by atoms with E-state index in [2.05, 4.69) is 72.8 Å². The van der Waals surface area contributed by atoms with Gasteiger partial charge in [0.25, 0.3) is 0 Å². The van der Waals surface area contributed by atoms with Crippen LogP contribution in [0.1, 0.15) is 33.3 Å². The Kier molecular flexibility index (Phi) is 3.47. The summed E-state index contributed by atoms with van der Waals surface area (Å²) >= 11 is 0. The van der Waals surface area contributed by atoms with E-state index in [0.29, 0.717) is 30.6 Å². The molecule has 2 aromatic rings. The number of fused-ring (bicyclic) bond motifs is 2. The van der Waals surface area contributed by atoms with Gasteiger partial charge in [0.15, 0.2) is 0 Å². The van der Waals surface area contributed by atoms with Crippen LogP contribution in [0.15, 0.2) is 60.7 Å². The molecule has 0 amide bonds. The van der Waals surface area contributed by atoms with Crippen LogP contribution in [0.4, 0.5) is 0 Å². The van der Waals surface area contributed by atoms with Crippen LogP contribution in [0.5, 0.6) is 0 Å². The molecule has 0 saturated heterocycles. The highest BCUT2D eigenvalue weighted by molar-refractivity contribution is 6.46. The minimum absolute atomic E-state index is 0.439. The average Bonchev–Trinajstić information content (AvgIpc) is 3.13. The maximum Gasteiger partial charge on any atom is 0.227 e. The highest BCUT2D eigenvalue weighted by Crippen LogP contribution is 2.31. The van der Waals surface area contributed by atoms with Crippen molar-refractivity contribution < 1.29 is 4.12 Å². The molecule has 2 aliphatic rings. The number of allylic oxidation sites excluding steroid dienone is 2. The first-order valence-corrected chi connectivity index (χ1v) is 9.10. The number of rotatable bonds is 4. The molecule has 0 spiro atoms. The van der Waals surface area contributed by atoms with Crippen molar-refractivity contribution in [3.63, 3.8) is 0 Å². The fourth-order valence-electron chi connectivity index (χ4n) is 2.87. The van der Waals surface area contributed by atoms with Crippen molar-refractivity contribution in [1.29, 1.82) is 0 Å². The quantitative estimate of drug-likeness (QED) is 0.781. The molecule has 0 saturated carbocycles. The summed E-state index contributed by atoms with van der Waals surface area (Å²) < 4.78 is 6.07. The Bertz CT molecular complexity index is 659. The smallest absolute Gasteiger partial charge is 0.227 e. The molecule has 4 radical (unpaired) electrons. The number of hydrogen-bond acceptors (Lipinski definition) is 1. The van der Waals surface area contributed by atoms with Crippen LogP contribution >= 0.6 is 0 Å². The van der Waals surface area contributed by atoms with Gasteiger partial charge in [0.05, 0.1) is 0 Å². The SMILES string of the molecule is C1=CC([Si]O[Si]C2C=Cc3ccccc32)c2ccccc21. The zero-order valence-electron chi connectivity index (χ0n) is 11.5. The van der Waals surface area contributed by atoms with Crippen molar-refractivity contribution in [3.8, 4) is 0 Å². The maximum atomic E-state index is 6.07. The summed E-state index contributed by atoms with van der Waals surface area (Å²) in [5.74, 6) is 0. The maximum absolute atomic E-state index is 6.07. The molecular weight excluding hydrogens is 288 g/mol. The Labute approximate surface area is 130 Å². The monoisotopic (exact) mass is 302 g/mol. The standard InChI is InChI=1S/C18H14OSi2/c1-3-7-15-13(5-1)9-11-17(15)20-19-21-18-12-10-14-6-2-4-8-16(14)18/h1-12,17-18H. The van der Waals surface area contributed by atoms with E-state index >= 15 is 0 Å². The first-order valence-electron chi connectivity index (χ1n) is 7.13. The molecule has 0 heterocycles. The fraction of sp³-hybridized carbons (Fsp3) is 0.111. The molecular formula is C18H14OSi2. The minimum Gasteiger partial charge on any atom is -0.456 e. The third-order valence-corrected chi connectivity index (χ3v) is 6.43. The molecule has 0 bridgehead atoms. The predicted molar refractivity (Wildman–Crippen MR) is 89.0 cm³/mol. The van der Waals surface area contributed by atoms with E-state index in [1.807, 2.05) is 0 Å². The zero-order valence-corrected chi connectivity index (χ0v) is 13.5. The molecule has 0 N–H and O–H groups in total. The Hall–Kier alpha value is -1.69. The molecule has 2 aliphatic carbocycles. The normalized spacial score (nSPS) is 21.5. The average molecular weight is 302 g/mol. The second-order valence-corrected chi connectivity index (χ2v) is 7.80. The molecule has 0 aliphatic heterocycles. The lowest BCUT2D eigenvalue weighted by atomic mass is 10.1. The highest BCUT2D eigenvalue weighted by Gasteiger charge is 2.22. The second kappa shape index (κ2) is 5.60. The van der Waals surface area contributed by atoms with Gasteiger partial charge in [-0.25, -0.2) is 0 Å². The Morgan fingerprint density at radius 2 is 1.14 bits per heavy atom. The van der Waals surface area contributed by atoms with Crippen LogP contribution in [0.2, 0.25) is 0 Å². The topological polar surface area (TPSA) is 9.23 Å². The Morgan fingerprint density at radius 3 is 1.67 bits per heavy atom. The Balaban J connectivity index is 1.38. The van der Waals surface area contributed by atoms with Gasteiger partial charge in [-0.15, -0.1) is 0 Å². The summed E-state index contributed by atoms with van der Waals surface area (Å²) in [6.45, 7) is 0. The van der Waals surface area contributed by atoms with Gasteiger partial charge >= 0.3 is 0 Å². The molecule has 2 atom stereocenters. The lowest BCUT2D eigenvalue weighted by Crippen LogP contribution is -2.16. The van der Waals surface area contributed by atoms with Crippen LogP contribution in [0.25, 0.3) is 12.2 Å². The van der Waals surface area contributed by atoms with E-state index < -0.39 is 0 Å².